The third kappa shape index (κ3) is 4.12. The highest BCUT2D eigenvalue weighted by atomic mass is 35.5. The fourth-order valence-corrected chi connectivity index (χ4v) is 1.82. The molecule has 0 aromatic heterocycles. The average Bonchev–Trinajstić information content (AvgIpc) is 2.19. The van der Waals surface area contributed by atoms with E-state index in [1.807, 2.05) is 6.07 Å². The van der Waals surface area contributed by atoms with E-state index in [-0.39, 0.29) is 5.38 Å². The van der Waals surface area contributed by atoms with Gasteiger partial charge in [0.2, 0.25) is 0 Å². The normalized spacial score (nSPS) is 13.1. The summed E-state index contributed by atoms with van der Waals surface area (Å²) in [6.07, 6.45) is 0.951. The van der Waals surface area contributed by atoms with Gasteiger partial charge in [-0.25, -0.2) is 0 Å². The van der Waals surface area contributed by atoms with Crippen molar-refractivity contribution < 1.29 is 0 Å². The Kier molecular flexibility index (Phi) is 4.99. The minimum atomic E-state index is 0.211. The zero-order valence-corrected chi connectivity index (χ0v) is 9.67. The van der Waals surface area contributed by atoms with Crippen LogP contribution in [0.3, 0.4) is 0 Å². The van der Waals surface area contributed by atoms with Gasteiger partial charge in [0.1, 0.15) is 0 Å². The molecule has 0 spiro atoms. The Hall–Kier alpha value is -0.530. The third-order valence-corrected chi connectivity index (χ3v) is 2.64. The van der Waals surface area contributed by atoms with E-state index in [0.717, 1.165) is 19.5 Å². The lowest BCUT2D eigenvalue weighted by atomic mass is 10.1. The van der Waals surface area contributed by atoms with Crippen molar-refractivity contribution in [2.75, 3.05) is 20.1 Å². The first-order chi connectivity index (χ1) is 6.72. The molecule has 1 atom stereocenters. The molecule has 0 saturated heterocycles. The van der Waals surface area contributed by atoms with Gasteiger partial charge in [-0.05, 0) is 25.6 Å². The SMILES string of the molecule is CCN(C)CC(Cl)Cc1ccccc1. The van der Waals surface area contributed by atoms with E-state index >= 15 is 0 Å². The summed E-state index contributed by atoms with van der Waals surface area (Å²) < 4.78 is 0. The number of hydrogen-bond acceptors (Lipinski definition) is 1. The number of benzene rings is 1. The van der Waals surface area contributed by atoms with Crippen LogP contribution in [0.5, 0.6) is 0 Å². The van der Waals surface area contributed by atoms with Crippen molar-refractivity contribution in [3.8, 4) is 0 Å². The molecule has 0 fully saturated rings. The molecule has 1 aromatic rings. The first kappa shape index (κ1) is 11.5. The fraction of sp³-hybridized carbons (Fsp3) is 0.500. The van der Waals surface area contributed by atoms with E-state index in [2.05, 4.69) is 43.1 Å². The summed E-state index contributed by atoms with van der Waals surface area (Å²) in [5, 5.41) is 0.211. The summed E-state index contributed by atoms with van der Waals surface area (Å²) in [4.78, 5) is 2.24. The predicted octanol–water partition coefficient (Wildman–Crippen LogP) is 2.79. The predicted molar refractivity (Wildman–Crippen MR) is 63.0 cm³/mol. The van der Waals surface area contributed by atoms with Crippen molar-refractivity contribution in [3.63, 3.8) is 0 Å². The molecule has 0 aliphatic carbocycles. The second-order valence-corrected chi connectivity index (χ2v) is 4.26. The molecule has 0 aliphatic rings. The molecule has 0 N–H and O–H groups in total. The summed E-state index contributed by atoms with van der Waals surface area (Å²) in [6.45, 7) is 4.15. The second-order valence-electron chi connectivity index (χ2n) is 3.64. The van der Waals surface area contributed by atoms with Crippen molar-refractivity contribution in [2.45, 2.75) is 18.7 Å². The van der Waals surface area contributed by atoms with Crippen LogP contribution in [0.15, 0.2) is 30.3 Å². The molecule has 1 rings (SSSR count). The van der Waals surface area contributed by atoms with E-state index in [0.29, 0.717) is 0 Å². The lowest BCUT2D eigenvalue weighted by Crippen LogP contribution is -2.27. The van der Waals surface area contributed by atoms with Crippen LogP contribution in [-0.4, -0.2) is 30.4 Å². The number of nitrogens with zero attached hydrogens (tertiary/aromatic N) is 1. The summed E-state index contributed by atoms with van der Waals surface area (Å²) in [6, 6.07) is 10.4. The first-order valence-electron chi connectivity index (χ1n) is 5.09. The number of rotatable bonds is 5. The number of halogens is 1. The van der Waals surface area contributed by atoms with Crippen LogP contribution >= 0.6 is 11.6 Å². The van der Waals surface area contributed by atoms with Gasteiger partial charge in [0, 0.05) is 6.54 Å². The molecule has 0 saturated carbocycles. The molecule has 0 bridgehead atoms. The molecule has 1 nitrogen and oxygen atoms in total. The van der Waals surface area contributed by atoms with Gasteiger partial charge < -0.3 is 4.90 Å². The topological polar surface area (TPSA) is 3.24 Å². The van der Waals surface area contributed by atoms with Crippen molar-refractivity contribution >= 4 is 11.6 Å². The summed E-state index contributed by atoms with van der Waals surface area (Å²) in [5.41, 5.74) is 1.32. The van der Waals surface area contributed by atoms with E-state index in [9.17, 15) is 0 Å². The van der Waals surface area contributed by atoms with Crippen LogP contribution in [0.4, 0.5) is 0 Å². The summed E-state index contributed by atoms with van der Waals surface area (Å²) >= 11 is 6.25. The van der Waals surface area contributed by atoms with E-state index in [4.69, 9.17) is 11.6 Å². The minimum absolute atomic E-state index is 0.211. The Balaban J connectivity index is 2.37. The van der Waals surface area contributed by atoms with Crippen molar-refractivity contribution in [1.82, 2.24) is 4.90 Å². The summed E-state index contributed by atoms with van der Waals surface area (Å²) in [7, 11) is 2.10. The van der Waals surface area contributed by atoms with Gasteiger partial charge in [-0.2, -0.15) is 0 Å². The molecule has 0 aliphatic heterocycles. The maximum atomic E-state index is 6.25. The van der Waals surface area contributed by atoms with Gasteiger partial charge in [-0.1, -0.05) is 37.3 Å². The van der Waals surface area contributed by atoms with Crippen LogP contribution in [0.1, 0.15) is 12.5 Å². The van der Waals surface area contributed by atoms with E-state index in [1.165, 1.54) is 5.56 Å². The van der Waals surface area contributed by atoms with Crippen molar-refractivity contribution in [1.29, 1.82) is 0 Å². The van der Waals surface area contributed by atoms with Gasteiger partial charge >= 0.3 is 0 Å². The van der Waals surface area contributed by atoms with Crippen LogP contribution in [0, 0.1) is 0 Å². The minimum Gasteiger partial charge on any atom is -0.305 e. The van der Waals surface area contributed by atoms with Crippen LogP contribution in [0.25, 0.3) is 0 Å². The molecule has 1 aromatic carbocycles. The average molecular weight is 212 g/mol. The molecular weight excluding hydrogens is 194 g/mol. The highest BCUT2D eigenvalue weighted by Crippen LogP contribution is 2.08. The zero-order valence-electron chi connectivity index (χ0n) is 8.91. The zero-order chi connectivity index (χ0) is 10.4. The maximum absolute atomic E-state index is 6.25. The van der Waals surface area contributed by atoms with Crippen LogP contribution in [0.2, 0.25) is 0 Å². The molecule has 0 amide bonds. The molecule has 2 heteroatoms. The summed E-state index contributed by atoms with van der Waals surface area (Å²) in [5.74, 6) is 0. The third-order valence-electron chi connectivity index (χ3n) is 2.35. The number of alkyl halides is 1. The van der Waals surface area contributed by atoms with Gasteiger partial charge in [-0.3, -0.25) is 0 Å². The lowest BCUT2D eigenvalue weighted by Gasteiger charge is -2.17. The second kappa shape index (κ2) is 6.05. The van der Waals surface area contributed by atoms with Gasteiger partial charge in [0.05, 0.1) is 5.38 Å². The van der Waals surface area contributed by atoms with Crippen molar-refractivity contribution in [2.24, 2.45) is 0 Å². The molecular formula is C12H18ClN. The monoisotopic (exact) mass is 211 g/mol. The van der Waals surface area contributed by atoms with Crippen molar-refractivity contribution in [3.05, 3.63) is 35.9 Å². The molecule has 1 unspecified atom stereocenters. The van der Waals surface area contributed by atoms with Gasteiger partial charge in [0.15, 0.2) is 0 Å². The Labute approximate surface area is 91.7 Å². The number of hydrogen-bond donors (Lipinski definition) is 0. The standard InChI is InChI=1S/C12H18ClN/c1-3-14(2)10-12(13)9-11-7-5-4-6-8-11/h4-8,12H,3,9-10H2,1-2H3. The quantitative estimate of drug-likeness (QED) is 0.678. The first-order valence-corrected chi connectivity index (χ1v) is 5.52. The molecule has 0 radical (unpaired) electrons. The Bertz CT molecular complexity index is 248. The van der Waals surface area contributed by atoms with Crippen LogP contribution in [-0.2, 0) is 6.42 Å². The lowest BCUT2D eigenvalue weighted by molar-refractivity contribution is 0.350. The molecule has 78 valence electrons. The fourth-order valence-electron chi connectivity index (χ4n) is 1.40. The smallest absolute Gasteiger partial charge is 0.0503 e. The van der Waals surface area contributed by atoms with Crippen LogP contribution < -0.4 is 0 Å². The molecule has 0 heterocycles. The Morgan fingerprint density at radius 2 is 1.93 bits per heavy atom. The maximum Gasteiger partial charge on any atom is 0.0503 e. The molecule has 14 heavy (non-hydrogen) atoms. The largest absolute Gasteiger partial charge is 0.305 e. The Morgan fingerprint density at radius 3 is 2.50 bits per heavy atom. The highest BCUT2D eigenvalue weighted by Gasteiger charge is 2.07. The highest BCUT2D eigenvalue weighted by molar-refractivity contribution is 6.20. The van der Waals surface area contributed by atoms with E-state index in [1.54, 1.807) is 0 Å². The van der Waals surface area contributed by atoms with Gasteiger partial charge in [0.25, 0.3) is 0 Å². The van der Waals surface area contributed by atoms with Gasteiger partial charge in [-0.15, -0.1) is 11.6 Å². The van der Waals surface area contributed by atoms with E-state index < -0.39 is 0 Å². The Morgan fingerprint density at radius 1 is 1.29 bits per heavy atom.